The van der Waals surface area contributed by atoms with E-state index in [1.54, 1.807) is 0 Å². The lowest BCUT2D eigenvalue weighted by Crippen LogP contribution is -2.47. The van der Waals surface area contributed by atoms with Gasteiger partial charge in [0.1, 0.15) is 11.9 Å². The fourth-order valence-electron chi connectivity index (χ4n) is 3.14. The Morgan fingerprint density at radius 2 is 1.95 bits per heavy atom. The van der Waals surface area contributed by atoms with Gasteiger partial charge in [-0.15, -0.1) is 0 Å². The molecule has 21 heavy (non-hydrogen) atoms. The summed E-state index contributed by atoms with van der Waals surface area (Å²) in [5.41, 5.74) is 1.18. The second-order valence-corrected chi connectivity index (χ2v) is 5.91. The molecule has 0 aromatic heterocycles. The molecule has 0 spiro atoms. The zero-order chi connectivity index (χ0) is 14.7. The van der Waals surface area contributed by atoms with Crippen LogP contribution in [-0.2, 0) is 11.2 Å². The van der Waals surface area contributed by atoms with Crippen molar-refractivity contribution >= 4 is 5.91 Å². The summed E-state index contributed by atoms with van der Waals surface area (Å²) >= 11 is 0. The van der Waals surface area contributed by atoms with E-state index >= 15 is 0 Å². The maximum atomic E-state index is 12.9. The third kappa shape index (κ3) is 3.50. The molecule has 0 radical (unpaired) electrons. The molecule has 2 aliphatic heterocycles. The zero-order valence-electron chi connectivity index (χ0n) is 12.1. The zero-order valence-corrected chi connectivity index (χ0v) is 12.1. The summed E-state index contributed by atoms with van der Waals surface area (Å²) in [7, 11) is 0. The Bertz CT molecular complexity index is 518. The quantitative estimate of drug-likeness (QED) is 0.864. The minimum absolute atomic E-state index is 0.126. The van der Waals surface area contributed by atoms with Crippen LogP contribution in [-0.4, -0.2) is 36.5 Å². The number of benzene rings is 1. The number of halogens is 1. The van der Waals surface area contributed by atoms with Crippen LogP contribution < -0.4 is 5.32 Å². The Morgan fingerprint density at radius 3 is 2.57 bits per heavy atom. The van der Waals surface area contributed by atoms with Crippen LogP contribution in [0.5, 0.6) is 0 Å². The van der Waals surface area contributed by atoms with Crippen molar-refractivity contribution in [1.29, 1.82) is 0 Å². The molecule has 1 N–H and O–H groups in total. The number of nitrogens with zero attached hydrogens (tertiary/aromatic N) is 1. The number of piperidine rings is 1. The minimum Gasteiger partial charge on any atom is -0.341 e. The summed E-state index contributed by atoms with van der Waals surface area (Å²) in [6.07, 6.45) is 6.99. The number of likely N-dealkylation sites (tertiary alicyclic amines) is 1. The molecule has 2 aliphatic rings. The van der Waals surface area contributed by atoms with Crippen LogP contribution in [0.1, 0.15) is 18.4 Å². The molecule has 1 aromatic rings. The predicted molar refractivity (Wildman–Crippen MR) is 80.3 cm³/mol. The van der Waals surface area contributed by atoms with E-state index in [1.807, 2.05) is 29.2 Å². The van der Waals surface area contributed by atoms with Crippen LogP contribution >= 0.6 is 0 Å². The van der Waals surface area contributed by atoms with E-state index in [0.717, 1.165) is 38.9 Å². The highest BCUT2D eigenvalue weighted by Crippen LogP contribution is 2.22. The number of amides is 1. The molecule has 1 aromatic carbocycles. The van der Waals surface area contributed by atoms with E-state index in [0.29, 0.717) is 5.92 Å². The van der Waals surface area contributed by atoms with Gasteiger partial charge in [0, 0.05) is 19.6 Å². The number of carbonyl (C=O) groups is 1. The second-order valence-electron chi connectivity index (χ2n) is 5.91. The van der Waals surface area contributed by atoms with Crippen molar-refractivity contribution in [2.45, 2.75) is 25.3 Å². The molecule has 1 atom stereocenters. The Hall–Kier alpha value is -1.68. The first kappa shape index (κ1) is 14.3. The van der Waals surface area contributed by atoms with Crippen LogP contribution in [0.2, 0.25) is 0 Å². The van der Waals surface area contributed by atoms with Crippen molar-refractivity contribution in [3.8, 4) is 0 Å². The average Bonchev–Trinajstić information content (AvgIpc) is 3.04. The first-order chi connectivity index (χ1) is 10.2. The van der Waals surface area contributed by atoms with Crippen LogP contribution in [0.25, 0.3) is 0 Å². The van der Waals surface area contributed by atoms with Crippen LogP contribution in [0.4, 0.5) is 4.39 Å². The molecule has 3 nitrogen and oxygen atoms in total. The Labute approximate surface area is 124 Å². The van der Waals surface area contributed by atoms with E-state index in [4.69, 9.17) is 0 Å². The highest BCUT2D eigenvalue weighted by Gasteiger charge is 2.27. The highest BCUT2D eigenvalue weighted by molar-refractivity contribution is 5.84. The topological polar surface area (TPSA) is 32.3 Å². The van der Waals surface area contributed by atoms with Gasteiger partial charge in [-0.3, -0.25) is 10.1 Å². The first-order valence-corrected chi connectivity index (χ1v) is 7.65. The summed E-state index contributed by atoms with van der Waals surface area (Å²) in [6, 6.07) is 6.64. The molecule has 112 valence electrons. The third-order valence-corrected chi connectivity index (χ3v) is 4.41. The summed E-state index contributed by atoms with van der Waals surface area (Å²) in [4.78, 5) is 14.2. The van der Waals surface area contributed by atoms with E-state index in [2.05, 4.69) is 5.32 Å². The van der Waals surface area contributed by atoms with Gasteiger partial charge in [-0.2, -0.15) is 0 Å². The maximum absolute atomic E-state index is 12.9. The lowest BCUT2D eigenvalue weighted by Gasteiger charge is -2.33. The summed E-state index contributed by atoms with van der Waals surface area (Å²) < 4.78 is 12.9. The highest BCUT2D eigenvalue weighted by atomic mass is 19.1. The molecule has 0 saturated carbocycles. The minimum atomic E-state index is -0.184. The molecule has 0 aliphatic carbocycles. The molecule has 3 rings (SSSR count). The van der Waals surface area contributed by atoms with Crippen molar-refractivity contribution in [3.05, 3.63) is 47.8 Å². The SMILES string of the molecule is O=C([C@@H]1C=CCN1)N1CCC(Cc2ccc(F)cc2)CC1. The number of hydrogen-bond acceptors (Lipinski definition) is 2. The molecule has 1 fully saturated rings. The third-order valence-electron chi connectivity index (χ3n) is 4.41. The lowest BCUT2D eigenvalue weighted by atomic mass is 9.90. The van der Waals surface area contributed by atoms with Crippen molar-refractivity contribution in [3.63, 3.8) is 0 Å². The molecular formula is C17H21FN2O. The van der Waals surface area contributed by atoms with Gasteiger partial charge in [0.25, 0.3) is 0 Å². The fraction of sp³-hybridized carbons (Fsp3) is 0.471. The number of hydrogen-bond donors (Lipinski definition) is 1. The average molecular weight is 288 g/mol. The van der Waals surface area contributed by atoms with Gasteiger partial charge in [0.05, 0.1) is 0 Å². The predicted octanol–water partition coefficient (Wildman–Crippen LogP) is 2.13. The van der Waals surface area contributed by atoms with Gasteiger partial charge in [-0.25, -0.2) is 4.39 Å². The molecule has 0 unspecified atom stereocenters. The standard InChI is InChI=1S/C17H21FN2O/c18-15-5-3-13(4-6-15)12-14-7-10-20(11-8-14)17(21)16-2-1-9-19-16/h1-6,14,16,19H,7-12H2/t16-/m0/s1. The van der Waals surface area contributed by atoms with Gasteiger partial charge in [0.15, 0.2) is 0 Å². The number of rotatable bonds is 3. The van der Waals surface area contributed by atoms with Crippen molar-refractivity contribution in [2.75, 3.05) is 19.6 Å². The van der Waals surface area contributed by atoms with E-state index in [-0.39, 0.29) is 17.8 Å². The van der Waals surface area contributed by atoms with E-state index < -0.39 is 0 Å². The number of carbonyl (C=O) groups excluding carboxylic acids is 1. The Balaban J connectivity index is 1.49. The lowest BCUT2D eigenvalue weighted by molar-refractivity contribution is -0.133. The van der Waals surface area contributed by atoms with E-state index in [9.17, 15) is 9.18 Å². The van der Waals surface area contributed by atoms with Gasteiger partial charge >= 0.3 is 0 Å². The molecule has 1 amide bonds. The van der Waals surface area contributed by atoms with Crippen molar-refractivity contribution in [2.24, 2.45) is 5.92 Å². The van der Waals surface area contributed by atoms with Crippen LogP contribution in [0, 0.1) is 11.7 Å². The van der Waals surface area contributed by atoms with Gasteiger partial charge in [0.2, 0.25) is 5.91 Å². The number of nitrogens with one attached hydrogen (secondary N) is 1. The summed E-state index contributed by atoms with van der Waals surface area (Å²) in [5.74, 6) is 0.604. The first-order valence-electron chi connectivity index (χ1n) is 7.65. The summed E-state index contributed by atoms with van der Waals surface area (Å²) in [6.45, 7) is 2.45. The monoisotopic (exact) mass is 288 g/mol. The smallest absolute Gasteiger partial charge is 0.243 e. The molecule has 1 saturated heterocycles. The molecule has 4 heteroatoms. The van der Waals surface area contributed by atoms with Crippen molar-refractivity contribution < 1.29 is 9.18 Å². The van der Waals surface area contributed by atoms with Gasteiger partial charge < -0.3 is 4.90 Å². The summed E-state index contributed by atoms with van der Waals surface area (Å²) in [5, 5.41) is 3.17. The largest absolute Gasteiger partial charge is 0.341 e. The van der Waals surface area contributed by atoms with E-state index in [1.165, 1.54) is 17.7 Å². The fourth-order valence-corrected chi connectivity index (χ4v) is 3.14. The van der Waals surface area contributed by atoms with Crippen LogP contribution in [0.3, 0.4) is 0 Å². The normalized spacial score (nSPS) is 22.7. The molecule has 0 bridgehead atoms. The Kier molecular flexibility index (Phi) is 4.34. The maximum Gasteiger partial charge on any atom is 0.243 e. The van der Waals surface area contributed by atoms with Gasteiger partial charge in [-0.1, -0.05) is 24.3 Å². The Morgan fingerprint density at radius 1 is 1.24 bits per heavy atom. The van der Waals surface area contributed by atoms with Crippen LogP contribution in [0.15, 0.2) is 36.4 Å². The molecular weight excluding hydrogens is 267 g/mol. The molecule has 2 heterocycles. The second kappa shape index (κ2) is 6.39. The van der Waals surface area contributed by atoms with Gasteiger partial charge in [-0.05, 0) is 42.9 Å². The van der Waals surface area contributed by atoms with Crippen molar-refractivity contribution in [1.82, 2.24) is 10.2 Å².